The van der Waals surface area contributed by atoms with Gasteiger partial charge in [-0.1, -0.05) is 0 Å². The van der Waals surface area contributed by atoms with Crippen molar-refractivity contribution in [3.8, 4) is 0 Å². The van der Waals surface area contributed by atoms with E-state index in [1.165, 1.54) is 25.9 Å². The molecule has 0 spiro atoms. The molecular formula is C12H22N4O. The zero-order chi connectivity index (χ0) is 12.1. The molecule has 96 valence electrons. The van der Waals surface area contributed by atoms with Gasteiger partial charge in [-0.15, -0.1) is 10.2 Å². The topological polar surface area (TPSA) is 43.2 Å². The second kappa shape index (κ2) is 6.12. The molecule has 0 aromatic carbocycles. The van der Waals surface area contributed by atoms with Gasteiger partial charge < -0.3 is 14.2 Å². The summed E-state index contributed by atoms with van der Waals surface area (Å²) in [4.78, 5) is 2.52. The maximum absolute atomic E-state index is 5.21. The van der Waals surface area contributed by atoms with Crippen LogP contribution in [-0.2, 0) is 11.3 Å². The Bertz CT molecular complexity index is 331. The Kier molecular flexibility index (Phi) is 4.50. The number of rotatable bonds is 5. The molecular weight excluding hydrogens is 216 g/mol. The first kappa shape index (κ1) is 12.5. The smallest absolute Gasteiger partial charge is 0.129 e. The third-order valence-corrected chi connectivity index (χ3v) is 3.58. The van der Waals surface area contributed by atoms with Crippen molar-refractivity contribution < 1.29 is 4.74 Å². The van der Waals surface area contributed by atoms with E-state index in [-0.39, 0.29) is 0 Å². The number of nitrogens with zero attached hydrogens (tertiary/aromatic N) is 4. The predicted molar refractivity (Wildman–Crippen MR) is 65.8 cm³/mol. The Balaban J connectivity index is 1.70. The molecule has 2 rings (SSSR count). The standard InChI is InChI=1S/C12H22N4O/c1-11-14-13-10-16(11)8-7-15-5-3-12(4-6-15)9-17-2/h10,12H,3-9H2,1-2H3. The van der Waals surface area contributed by atoms with Gasteiger partial charge in [0, 0.05) is 26.8 Å². The fourth-order valence-corrected chi connectivity index (χ4v) is 2.39. The van der Waals surface area contributed by atoms with Gasteiger partial charge in [-0.25, -0.2) is 0 Å². The van der Waals surface area contributed by atoms with Crippen molar-refractivity contribution in [2.75, 3.05) is 33.4 Å². The van der Waals surface area contributed by atoms with Crippen molar-refractivity contribution in [1.29, 1.82) is 0 Å². The zero-order valence-corrected chi connectivity index (χ0v) is 10.8. The first-order valence-corrected chi connectivity index (χ1v) is 6.35. The van der Waals surface area contributed by atoms with Crippen LogP contribution in [0.2, 0.25) is 0 Å². The van der Waals surface area contributed by atoms with Gasteiger partial charge in [0.1, 0.15) is 12.2 Å². The van der Waals surface area contributed by atoms with Crippen molar-refractivity contribution in [3.05, 3.63) is 12.2 Å². The number of likely N-dealkylation sites (tertiary alicyclic amines) is 1. The van der Waals surface area contributed by atoms with Crippen molar-refractivity contribution in [1.82, 2.24) is 19.7 Å². The minimum atomic E-state index is 0.757. The number of hydrogen-bond donors (Lipinski definition) is 0. The number of aryl methyl sites for hydroxylation is 1. The van der Waals surface area contributed by atoms with Gasteiger partial charge >= 0.3 is 0 Å². The molecule has 1 saturated heterocycles. The van der Waals surface area contributed by atoms with Gasteiger partial charge in [-0.05, 0) is 38.8 Å². The maximum atomic E-state index is 5.21. The number of aromatic nitrogens is 3. The Morgan fingerprint density at radius 2 is 2.12 bits per heavy atom. The Labute approximate surface area is 103 Å². The average Bonchev–Trinajstić information content (AvgIpc) is 2.75. The highest BCUT2D eigenvalue weighted by Crippen LogP contribution is 2.17. The minimum Gasteiger partial charge on any atom is -0.384 e. The monoisotopic (exact) mass is 238 g/mol. The fourth-order valence-electron chi connectivity index (χ4n) is 2.39. The van der Waals surface area contributed by atoms with Crippen LogP contribution in [0.4, 0.5) is 0 Å². The zero-order valence-electron chi connectivity index (χ0n) is 10.8. The van der Waals surface area contributed by atoms with Crippen LogP contribution in [0.25, 0.3) is 0 Å². The van der Waals surface area contributed by atoms with Gasteiger partial charge in [0.2, 0.25) is 0 Å². The first-order valence-electron chi connectivity index (χ1n) is 6.35. The van der Waals surface area contributed by atoms with Crippen LogP contribution < -0.4 is 0 Å². The molecule has 0 saturated carbocycles. The van der Waals surface area contributed by atoms with E-state index in [2.05, 4.69) is 19.7 Å². The summed E-state index contributed by atoms with van der Waals surface area (Å²) in [6.07, 6.45) is 4.33. The van der Waals surface area contributed by atoms with E-state index in [0.29, 0.717) is 0 Å². The van der Waals surface area contributed by atoms with Crippen molar-refractivity contribution in [2.45, 2.75) is 26.3 Å². The summed E-state index contributed by atoms with van der Waals surface area (Å²) < 4.78 is 7.32. The normalized spacial score (nSPS) is 18.7. The van der Waals surface area contributed by atoms with Crippen LogP contribution in [0.3, 0.4) is 0 Å². The lowest BCUT2D eigenvalue weighted by Crippen LogP contribution is -2.37. The lowest BCUT2D eigenvalue weighted by atomic mass is 9.98. The van der Waals surface area contributed by atoms with Crippen LogP contribution in [0.1, 0.15) is 18.7 Å². The molecule has 0 radical (unpaired) electrons. The van der Waals surface area contributed by atoms with Crippen LogP contribution in [0.5, 0.6) is 0 Å². The van der Waals surface area contributed by atoms with E-state index in [9.17, 15) is 0 Å². The molecule has 2 heterocycles. The van der Waals surface area contributed by atoms with Crippen LogP contribution >= 0.6 is 0 Å². The van der Waals surface area contributed by atoms with E-state index in [4.69, 9.17) is 4.74 Å². The van der Waals surface area contributed by atoms with Gasteiger partial charge in [0.25, 0.3) is 0 Å². The number of hydrogen-bond acceptors (Lipinski definition) is 4. The number of ether oxygens (including phenoxy) is 1. The van der Waals surface area contributed by atoms with E-state index in [1.54, 1.807) is 7.11 Å². The molecule has 1 aromatic heterocycles. The summed E-state index contributed by atoms with van der Waals surface area (Å²) in [6.45, 7) is 7.38. The first-order chi connectivity index (χ1) is 8.29. The van der Waals surface area contributed by atoms with Crippen LogP contribution in [0, 0.1) is 12.8 Å². The molecule has 5 nitrogen and oxygen atoms in total. The molecule has 1 aromatic rings. The summed E-state index contributed by atoms with van der Waals surface area (Å²) in [5.41, 5.74) is 0. The third kappa shape index (κ3) is 3.51. The van der Waals surface area contributed by atoms with Gasteiger partial charge in [0.05, 0.1) is 0 Å². The molecule has 0 amide bonds. The highest BCUT2D eigenvalue weighted by molar-refractivity contribution is 4.81. The van der Waals surface area contributed by atoms with Gasteiger partial charge in [-0.2, -0.15) is 0 Å². The molecule has 5 heteroatoms. The fraction of sp³-hybridized carbons (Fsp3) is 0.833. The van der Waals surface area contributed by atoms with Crippen molar-refractivity contribution >= 4 is 0 Å². The summed E-state index contributed by atoms with van der Waals surface area (Å²) in [5, 5.41) is 7.89. The number of methoxy groups -OCH3 is 1. The molecule has 1 aliphatic rings. The van der Waals surface area contributed by atoms with E-state index >= 15 is 0 Å². The van der Waals surface area contributed by atoms with E-state index in [1.807, 2.05) is 13.3 Å². The molecule has 1 fully saturated rings. The van der Waals surface area contributed by atoms with Crippen molar-refractivity contribution in [2.24, 2.45) is 5.92 Å². The SMILES string of the molecule is COCC1CCN(CCn2cnnc2C)CC1. The van der Waals surface area contributed by atoms with E-state index in [0.717, 1.165) is 31.4 Å². The average molecular weight is 238 g/mol. The highest BCUT2D eigenvalue weighted by atomic mass is 16.5. The van der Waals surface area contributed by atoms with Crippen LogP contribution in [0.15, 0.2) is 6.33 Å². The molecule has 0 atom stereocenters. The van der Waals surface area contributed by atoms with Gasteiger partial charge in [-0.3, -0.25) is 0 Å². The second-order valence-corrected chi connectivity index (χ2v) is 4.81. The third-order valence-electron chi connectivity index (χ3n) is 3.58. The molecule has 0 unspecified atom stereocenters. The minimum absolute atomic E-state index is 0.757. The quantitative estimate of drug-likeness (QED) is 0.766. The Morgan fingerprint density at radius 1 is 1.35 bits per heavy atom. The molecule has 1 aliphatic heterocycles. The molecule has 0 bridgehead atoms. The van der Waals surface area contributed by atoms with Gasteiger partial charge in [0.15, 0.2) is 0 Å². The predicted octanol–water partition coefficient (Wildman–Crippen LogP) is 0.945. The van der Waals surface area contributed by atoms with Crippen molar-refractivity contribution in [3.63, 3.8) is 0 Å². The van der Waals surface area contributed by atoms with Crippen LogP contribution in [-0.4, -0.2) is 53.0 Å². The summed E-state index contributed by atoms with van der Waals surface area (Å²) in [5.74, 6) is 1.76. The highest BCUT2D eigenvalue weighted by Gasteiger charge is 2.18. The second-order valence-electron chi connectivity index (χ2n) is 4.81. The molecule has 17 heavy (non-hydrogen) atoms. The Hall–Kier alpha value is -0.940. The largest absolute Gasteiger partial charge is 0.384 e. The van der Waals surface area contributed by atoms with E-state index < -0.39 is 0 Å². The molecule has 0 aliphatic carbocycles. The summed E-state index contributed by atoms with van der Waals surface area (Å²) in [6, 6.07) is 0. The summed E-state index contributed by atoms with van der Waals surface area (Å²) >= 11 is 0. The Morgan fingerprint density at radius 3 is 2.71 bits per heavy atom. The lowest BCUT2D eigenvalue weighted by Gasteiger charge is -2.31. The maximum Gasteiger partial charge on any atom is 0.129 e. The molecule has 0 N–H and O–H groups in total. The number of piperidine rings is 1. The summed E-state index contributed by atoms with van der Waals surface area (Å²) in [7, 11) is 1.79. The lowest BCUT2D eigenvalue weighted by molar-refractivity contribution is 0.0980.